The van der Waals surface area contributed by atoms with Gasteiger partial charge in [0, 0.05) is 50.8 Å². The van der Waals surface area contributed by atoms with Crippen LogP contribution in [0.1, 0.15) is 33.4 Å². The molecule has 2 nitrogen and oxygen atoms in total. The van der Waals surface area contributed by atoms with Crippen molar-refractivity contribution in [2.45, 2.75) is 19.3 Å². The number of aromatic amines is 1. The quantitative estimate of drug-likeness (QED) is 0.166. The zero-order valence-corrected chi connectivity index (χ0v) is 38.2. The van der Waals surface area contributed by atoms with Crippen LogP contribution in [0.25, 0.3) is 110 Å². The van der Waals surface area contributed by atoms with Crippen molar-refractivity contribution in [1.82, 2.24) is 9.55 Å². The Morgan fingerprint density at radius 2 is 0.868 bits per heavy atom. The number of aromatic nitrogens is 2. The zero-order chi connectivity index (χ0) is 45.3. The van der Waals surface area contributed by atoms with Gasteiger partial charge in [0.1, 0.15) is 0 Å². The van der Waals surface area contributed by atoms with Crippen LogP contribution in [0.5, 0.6) is 0 Å². The lowest BCUT2D eigenvalue weighted by molar-refractivity contribution is 0.769. The van der Waals surface area contributed by atoms with Gasteiger partial charge in [-0.3, -0.25) is 0 Å². The number of H-pyrrole nitrogens is 1. The third-order valence-electron chi connectivity index (χ3n) is 15.4. The summed E-state index contributed by atoms with van der Waals surface area (Å²) in [5.41, 5.74) is 21.8. The molecule has 1 aliphatic carbocycles. The van der Waals surface area contributed by atoms with Gasteiger partial charge in [0.2, 0.25) is 0 Å². The van der Waals surface area contributed by atoms with Crippen LogP contribution in [-0.4, -0.2) is 9.55 Å². The second kappa shape index (κ2) is 14.5. The molecule has 0 aliphatic heterocycles. The zero-order valence-electron chi connectivity index (χ0n) is 38.2. The van der Waals surface area contributed by atoms with Crippen molar-refractivity contribution >= 4 is 65.2 Å². The summed E-state index contributed by atoms with van der Waals surface area (Å²) in [6, 6.07) is 82.5. The van der Waals surface area contributed by atoms with Gasteiger partial charge in [-0.15, -0.1) is 0 Å². The van der Waals surface area contributed by atoms with Crippen LogP contribution in [0, 0.1) is 13.8 Å². The normalized spacial score (nSPS) is 13.0. The van der Waals surface area contributed by atoms with Crippen molar-refractivity contribution in [3.8, 4) is 44.5 Å². The smallest absolute Gasteiger partial charge is 0.0719 e. The van der Waals surface area contributed by atoms with Crippen molar-refractivity contribution in [2.24, 2.45) is 7.05 Å². The van der Waals surface area contributed by atoms with Gasteiger partial charge >= 0.3 is 0 Å². The number of nitrogens with one attached hydrogen (secondary N) is 1. The molecule has 68 heavy (non-hydrogen) atoms. The molecule has 320 valence electrons. The Labute approximate surface area is 395 Å². The number of hydrogen-bond donors (Lipinski definition) is 1. The Balaban J connectivity index is 1.16. The molecule has 14 rings (SSSR count). The highest BCUT2D eigenvalue weighted by atomic mass is 14.9. The number of hydrogen-bond acceptors (Lipinski definition) is 0. The van der Waals surface area contributed by atoms with Crippen molar-refractivity contribution in [1.29, 1.82) is 0 Å². The molecule has 0 spiro atoms. The Kier molecular flexibility index (Phi) is 8.28. The molecule has 2 heterocycles. The lowest BCUT2D eigenvalue weighted by atomic mass is 9.65. The van der Waals surface area contributed by atoms with E-state index in [9.17, 15) is 0 Å². The Morgan fingerprint density at radius 1 is 0.368 bits per heavy atom. The summed E-state index contributed by atoms with van der Waals surface area (Å²) in [6.45, 7) is 4.38. The summed E-state index contributed by atoms with van der Waals surface area (Å²) in [7, 11) is 2.22. The molecule has 0 saturated carbocycles. The number of nitrogens with zero attached hydrogens (tertiary/aromatic N) is 1. The molecule has 0 fully saturated rings. The minimum absolute atomic E-state index is 0.599. The van der Waals surface area contributed by atoms with Gasteiger partial charge in [0.05, 0.1) is 16.4 Å². The summed E-state index contributed by atoms with van der Waals surface area (Å²) in [5, 5.41) is 9.94. The van der Waals surface area contributed by atoms with Gasteiger partial charge in [-0.05, 0) is 109 Å². The second-order valence-electron chi connectivity index (χ2n) is 19.0. The fourth-order valence-electron chi connectivity index (χ4n) is 12.4. The molecule has 0 amide bonds. The number of fused-ring (bicyclic) bond motifs is 11. The first-order chi connectivity index (χ1) is 33.5. The fourth-order valence-corrected chi connectivity index (χ4v) is 12.4. The first-order valence-electron chi connectivity index (χ1n) is 23.8. The summed E-state index contributed by atoms with van der Waals surface area (Å²) in [5.74, 6) is 0. The molecule has 0 saturated heterocycles. The minimum atomic E-state index is -0.599. The number of rotatable bonds is 5. The van der Waals surface area contributed by atoms with E-state index in [2.05, 4.69) is 249 Å². The third-order valence-corrected chi connectivity index (χ3v) is 15.4. The molecular weight excluding hydrogens is 821 g/mol. The summed E-state index contributed by atoms with van der Waals surface area (Å²) in [4.78, 5) is 3.87. The van der Waals surface area contributed by atoms with Gasteiger partial charge in [0.15, 0.2) is 0 Å². The lowest BCUT2D eigenvalue weighted by Crippen LogP contribution is -2.29. The number of para-hydroxylation sites is 4. The Bertz CT molecular complexity index is 4170. The van der Waals surface area contributed by atoms with Crippen molar-refractivity contribution in [2.75, 3.05) is 0 Å². The van der Waals surface area contributed by atoms with E-state index in [-0.39, 0.29) is 0 Å². The summed E-state index contributed by atoms with van der Waals surface area (Å²) >= 11 is 0. The molecule has 0 bridgehead atoms. The average Bonchev–Trinajstić information content (AvgIpc) is 4.02. The van der Waals surface area contributed by atoms with Crippen LogP contribution < -0.4 is 0 Å². The van der Waals surface area contributed by atoms with Crippen LogP contribution >= 0.6 is 0 Å². The number of aryl methyl sites for hydroxylation is 3. The summed E-state index contributed by atoms with van der Waals surface area (Å²) < 4.78 is 2.39. The van der Waals surface area contributed by atoms with Crippen LogP contribution in [-0.2, 0) is 12.5 Å². The highest BCUT2D eigenvalue weighted by Crippen LogP contribution is 2.60. The lowest BCUT2D eigenvalue weighted by Gasteiger charge is -2.36. The van der Waals surface area contributed by atoms with Crippen molar-refractivity contribution in [3.63, 3.8) is 0 Å². The highest BCUT2D eigenvalue weighted by molar-refractivity contribution is 6.23. The van der Waals surface area contributed by atoms with Crippen molar-refractivity contribution < 1.29 is 0 Å². The third kappa shape index (κ3) is 5.29. The molecule has 0 unspecified atom stereocenters. The van der Waals surface area contributed by atoms with E-state index in [0.717, 1.165) is 11.0 Å². The van der Waals surface area contributed by atoms with Gasteiger partial charge in [-0.25, -0.2) is 0 Å². The maximum atomic E-state index is 3.87. The molecule has 2 heteroatoms. The van der Waals surface area contributed by atoms with E-state index in [4.69, 9.17) is 0 Å². The first-order valence-corrected chi connectivity index (χ1v) is 23.8. The minimum Gasteiger partial charge on any atom is -0.354 e. The van der Waals surface area contributed by atoms with Gasteiger partial charge < -0.3 is 9.55 Å². The van der Waals surface area contributed by atoms with E-state index in [1.54, 1.807) is 0 Å². The monoisotopic (exact) mass is 866 g/mol. The van der Waals surface area contributed by atoms with Gasteiger partial charge in [-0.1, -0.05) is 211 Å². The largest absolute Gasteiger partial charge is 0.354 e. The molecule has 13 aromatic rings. The topological polar surface area (TPSA) is 20.7 Å². The maximum Gasteiger partial charge on any atom is 0.0719 e. The van der Waals surface area contributed by atoms with E-state index >= 15 is 0 Å². The predicted molar refractivity (Wildman–Crippen MR) is 288 cm³/mol. The fraction of sp³-hybridized carbons (Fsp3) is 0.0606. The van der Waals surface area contributed by atoms with Gasteiger partial charge in [0.25, 0.3) is 0 Å². The molecule has 0 atom stereocenters. The standard InChI is InChI=1S/C66H46N2/c1-40-31-35-42(36-32-40)66(43-37-33-41(2)34-38-43)59-28-7-4-15-46(59)51-22-12-27-56(63(51)66)62-49-20-10-18-44(52-23-13-24-53-47-16-5-8-29-60(47)67-64(52)53)57(49)39-58-45(19-11-21-50(58)62)54-25-14-26-55-48-17-6-9-30-61(48)68(3)65(54)55/h4-39,67H,1-3H3. The van der Waals surface area contributed by atoms with Crippen LogP contribution in [0.2, 0.25) is 0 Å². The molecule has 0 radical (unpaired) electrons. The Hall–Kier alpha value is -8.46. The number of benzene rings is 11. The first kappa shape index (κ1) is 38.8. The van der Waals surface area contributed by atoms with E-state index in [1.807, 2.05) is 0 Å². The molecular formula is C66H46N2. The summed E-state index contributed by atoms with van der Waals surface area (Å²) in [6.07, 6.45) is 0. The van der Waals surface area contributed by atoms with Crippen LogP contribution in [0.4, 0.5) is 0 Å². The Morgan fingerprint density at radius 3 is 1.59 bits per heavy atom. The molecule has 1 aliphatic rings. The van der Waals surface area contributed by atoms with E-state index < -0.39 is 5.41 Å². The van der Waals surface area contributed by atoms with Gasteiger partial charge in [-0.2, -0.15) is 0 Å². The molecule has 2 aromatic heterocycles. The average molecular weight is 867 g/mol. The highest BCUT2D eigenvalue weighted by Gasteiger charge is 2.48. The van der Waals surface area contributed by atoms with Crippen LogP contribution in [0.3, 0.4) is 0 Å². The van der Waals surface area contributed by atoms with Crippen LogP contribution in [0.15, 0.2) is 218 Å². The SMILES string of the molecule is Cc1ccc(C2(c3ccc(C)cc3)c3ccccc3-c3cccc(-c4c5cccc(-c6cccc7c6[nH]c6ccccc67)c5cc5c(-c6cccc7c8ccccc8n(C)c67)cccc45)c32)cc1. The van der Waals surface area contributed by atoms with Crippen molar-refractivity contribution in [3.05, 3.63) is 252 Å². The van der Waals surface area contributed by atoms with E-state index in [0.29, 0.717) is 0 Å². The molecule has 1 N–H and O–H groups in total. The maximum absolute atomic E-state index is 3.87. The second-order valence-corrected chi connectivity index (χ2v) is 19.0. The van der Waals surface area contributed by atoms with E-state index in [1.165, 1.54) is 132 Å². The molecule has 11 aromatic carbocycles. The predicted octanol–water partition coefficient (Wildman–Crippen LogP) is 17.3.